The Labute approximate surface area is 176 Å². The van der Waals surface area contributed by atoms with E-state index in [1.807, 2.05) is 31.2 Å². The van der Waals surface area contributed by atoms with Crippen molar-refractivity contribution < 1.29 is 29.3 Å². The quantitative estimate of drug-likeness (QED) is 0.640. The standard InChI is InChI=1S/C19H23NO2.C4H4O4/c1-2-21-18-10-6-7-11-19(18)22-17-12-13-20(15-17)14-16-8-4-3-5-9-16;5-3(6)1-2-4(7)8/h3-11,17H,2,12-15H2,1H3;1-2H,(H,5,6)(H,7,8). The van der Waals surface area contributed by atoms with Gasteiger partial charge in [0.2, 0.25) is 0 Å². The van der Waals surface area contributed by atoms with E-state index in [1.165, 1.54) is 5.56 Å². The summed E-state index contributed by atoms with van der Waals surface area (Å²) in [5, 5.41) is 15.6. The van der Waals surface area contributed by atoms with Gasteiger partial charge < -0.3 is 19.7 Å². The SMILES string of the molecule is CCOc1ccccc1OC1CCN(Cc2ccccc2)C1.O=C(O)C=CC(=O)O. The smallest absolute Gasteiger partial charge is 0.328 e. The first-order chi connectivity index (χ1) is 14.5. The number of likely N-dealkylation sites (tertiary alicyclic amines) is 1. The molecule has 1 atom stereocenters. The van der Waals surface area contributed by atoms with Gasteiger partial charge in [0.25, 0.3) is 0 Å². The Kier molecular flexibility index (Phi) is 9.40. The molecule has 7 nitrogen and oxygen atoms in total. The van der Waals surface area contributed by atoms with Crippen LogP contribution in [0.2, 0.25) is 0 Å². The van der Waals surface area contributed by atoms with Crippen LogP contribution in [0.4, 0.5) is 0 Å². The van der Waals surface area contributed by atoms with Crippen LogP contribution in [0.15, 0.2) is 66.7 Å². The first-order valence-corrected chi connectivity index (χ1v) is 9.76. The van der Waals surface area contributed by atoms with Crippen LogP contribution >= 0.6 is 0 Å². The van der Waals surface area contributed by atoms with E-state index in [2.05, 4.69) is 35.2 Å². The molecule has 1 fully saturated rings. The van der Waals surface area contributed by atoms with Crippen molar-refractivity contribution in [3.63, 3.8) is 0 Å². The van der Waals surface area contributed by atoms with Gasteiger partial charge in [-0.3, -0.25) is 4.90 Å². The highest BCUT2D eigenvalue weighted by molar-refractivity contribution is 5.89. The minimum atomic E-state index is -1.26. The van der Waals surface area contributed by atoms with Gasteiger partial charge in [-0.1, -0.05) is 42.5 Å². The van der Waals surface area contributed by atoms with Gasteiger partial charge in [-0.2, -0.15) is 0 Å². The van der Waals surface area contributed by atoms with Crippen LogP contribution in [0, 0.1) is 0 Å². The number of carboxylic acids is 2. The lowest BCUT2D eigenvalue weighted by molar-refractivity contribution is -0.134. The molecule has 3 rings (SSSR count). The fourth-order valence-electron chi connectivity index (χ4n) is 3.02. The maximum absolute atomic E-state index is 9.55. The molecule has 2 aromatic carbocycles. The normalized spacial score (nSPS) is 16.0. The highest BCUT2D eigenvalue weighted by Gasteiger charge is 2.24. The fourth-order valence-corrected chi connectivity index (χ4v) is 3.02. The van der Waals surface area contributed by atoms with Crippen LogP contribution in [0.3, 0.4) is 0 Å². The van der Waals surface area contributed by atoms with Crippen LogP contribution in [0.1, 0.15) is 18.9 Å². The van der Waals surface area contributed by atoms with Gasteiger partial charge in [0, 0.05) is 31.8 Å². The molecule has 0 amide bonds. The average Bonchev–Trinajstić information content (AvgIpc) is 3.16. The molecule has 0 radical (unpaired) electrons. The molecule has 1 aliphatic heterocycles. The number of carbonyl (C=O) groups is 2. The van der Waals surface area contributed by atoms with Crippen molar-refractivity contribution in [2.75, 3.05) is 19.7 Å². The lowest BCUT2D eigenvalue weighted by Gasteiger charge is -2.18. The number of carboxylic acid groups (broad SMARTS) is 2. The van der Waals surface area contributed by atoms with E-state index in [9.17, 15) is 9.59 Å². The van der Waals surface area contributed by atoms with Gasteiger partial charge in [-0.25, -0.2) is 9.59 Å². The molecule has 1 aliphatic rings. The summed E-state index contributed by atoms with van der Waals surface area (Å²) in [7, 11) is 0. The molecule has 0 aliphatic carbocycles. The summed E-state index contributed by atoms with van der Waals surface area (Å²) in [5.74, 6) is -0.817. The minimum Gasteiger partial charge on any atom is -0.490 e. The number of ether oxygens (including phenoxy) is 2. The molecule has 7 heteroatoms. The Morgan fingerprint density at radius 2 is 1.60 bits per heavy atom. The molecule has 1 heterocycles. The zero-order valence-corrected chi connectivity index (χ0v) is 16.9. The summed E-state index contributed by atoms with van der Waals surface area (Å²) < 4.78 is 11.8. The predicted molar refractivity (Wildman–Crippen MR) is 113 cm³/mol. The van der Waals surface area contributed by atoms with Crippen molar-refractivity contribution in [3.8, 4) is 11.5 Å². The lowest BCUT2D eigenvalue weighted by atomic mass is 10.2. The van der Waals surface area contributed by atoms with Gasteiger partial charge in [-0.05, 0) is 31.0 Å². The predicted octanol–water partition coefficient (Wildman–Crippen LogP) is 3.45. The van der Waals surface area contributed by atoms with Gasteiger partial charge in [-0.15, -0.1) is 0 Å². The molecule has 0 bridgehead atoms. The highest BCUT2D eigenvalue weighted by Crippen LogP contribution is 2.29. The van der Waals surface area contributed by atoms with E-state index in [0.29, 0.717) is 18.8 Å². The molecule has 30 heavy (non-hydrogen) atoms. The summed E-state index contributed by atoms with van der Waals surface area (Å²) in [5.41, 5.74) is 1.36. The molecule has 2 N–H and O–H groups in total. The Balaban J connectivity index is 0.000000343. The third-order valence-electron chi connectivity index (χ3n) is 4.29. The van der Waals surface area contributed by atoms with E-state index in [0.717, 1.165) is 37.6 Å². The first kappa shape index (κ1) is 23.0. The van der Waals surface area contributed by atoms with E-state index < -0.39 is 11.9 Å². The number of aliphatic carboxylic acids is 2. The molecule has 0 spiro atoms. The first-order valence-electron chi connectivity index (χ1n) is 9.76. The van der Waals surface area contributed by atoms with Crippen molar-refractivity contribution in [1.82, 2.24) is 4.90 Å². The monoisotopic (exact) mass is 413 g/mol. The second-order valence-electron chi connectivity index (χ2n) is 6.64. The molecule has 0 aromatic heterocycles. The summed E-state index contributed by atoms with van der Waals surface area (Å²) >= 11 is 0. The fraction of sp³-hybridized carbons (Fsp3) is 0.304. The molecule has 0 saturated carbocycles. The number of hydrogen-bond donors (Lipinski definition) is 2. The molecular formula is C23H27NO6. The Morgan fingerprint density at radius 1 is 1.00 bits per heavy atom. The zero-order chi connectivity index (χ0) is 21.8. The molecular weight excluding hydrogens is 386 g/mol. The maximum atomic E-state index is 9.55. The van der Waals surface area contributed by atoms with Crippen molar-refractivity contribution in [3.05, 3.63) is 72.3 Å². The summed E-state index contributed by atoms with van der Waals surface area (Å²) in [4.78, 5) is 21.6. The third-order valence-corrected chi connectivity index (χ3v) is 4.29. The zero-order valence-electron chi connectivity index (χ0n) is 16.9. The highest BCUT2D eigenvalue weighted by atomic mass is 16.5. The Hall–Kier alpha value is -3.32. The van der Waals surface area contributed by atoms with E-state index >= 15 is 0 Å². The van der Waals surface area contributed by atoms with Crippen LogP contribution in [-0.4, -0.2) is 52.9 Å². The second-order valence-corrected chi connectivity index (χ2v) is 6.64. The van der Waals surface area contributed by atoms with Gasteiger partial charge in [0.05, 0.1) is 6.61 Å². The largest absolute Gasteiger partial charge is 0.490 e. The summed E-state index contributed by atoms with van der Waals surface area (Å²) in [6, 6.07) is 18.5. The summed E-state index contributed by atoms with van der Waals surface area (Å²) in [6.45, 7) is 5.69. The van der Waals surface area contributed by atoms with Crippen LogP contribution in [0.25, 0.3) is 0 Å². The van der Waals surface area contributed by atoms with Crippen LogP contribution < -0.4 is 9.47 Å². The van der Waals surface area contributed by atoms with Crippen molar-refractivity contribution in [2.45, 2.75) is 26.0 Å². The van der Waals surface area contributed by atoms with Crippen molar-refractivity contribution >= 4 is 11.9 Å². The lowest BCUT2D eigenvalue weighted by Crippen LogP contribution is -2.24. The maximum Gasteiger partial charge on any atom is 0.328 e. The minimum absolute atomic E-state index is 0.241. The van der Waals surface area contributed by atoms with Crippen molar-refractivity contribution in [2.24, 2.45) is 0 Å². The second kappa shape index (κ2) is 12.3. The summed E-state index contributed by atoms with van der Waals surface area (Å²) in [6.07, 6.45) is 2.42. The molecule has 2 aromatic rings. The Bertz CT molecular complexity index is 821. The van der Waals surface area contributed by atoms with Crippen LogP contribution in [0.5, 0.6) is 11.5 Å². The van der Waals surface area contributed by atoms with E-state index in [1.54, 1.807) is 0 Å². The number of rotatable bonds is 8. The van der Waals surface area contributed by atoms with Crippen molar-refractivity contribution in [1.29, 1.82) is 0 Å². The Morgan fingerprint density at radius 3 is 2.20 bits per heavy atom. The number of para-hydroxylation sites is 2. The number of hydrogen-bond acceptors (Lipinski definition) is 5. The number of nitrogens with zero attached hydrogens (tertiary/aromatic N) is 1. The molecule has 1 unspecified atom stereocenters. The topological polar surface area (TPSA) is 96.3 Å². The van der Waals surface area contributed by atoms with Crippen LogP contribution in [-0.2, 0) is 16.1 Å². The molecule has 160 valence electrons. The van der Waals surface area contributed by atoms with E-state index in [4.69, 9.17) is 19.7 Å². The third kappa shape index (κ3) is 8.36. The van der Waals surface area contributed by atoms with Gasteiger partial charge in [0.15, 0.2) is 11.5 Å². The van der Waals surface area contributed by atoms with E-state index in [-0.39, 0.29) is 6.10 Å². The average molecular weight is 413 g/mol. The molecule has 1 saturated heterocycles. The van der Waals surface area contributed by atoms with Gasteiger partial charge >= 0.3 is 11.9 Å². The van der Waals surface area contributed by atoms with Gasteiger partial charge in [0.1, 0.15) is 6.10 Å². The number of benzene rings is 2.